The summed E-state index contributed by atoms with van der Waals surface area (Å²) in [6.07, 6.45) is 2.01. The molecule has 0 saturated heterocycles. The number of carbonyl (C=O) groups is 4. The van der Waals surface area contributed by atoms with Gasteiger partial charge in [0.25, 0.3) is 0 Å². The van der Waals surface area contributed by atoms with Crippen LogP contribution in [0.1, 0.15) is 68.9 Å². The first-order valence-electron chi connectivity index (χ1n) is 20.1. The number of ketones is 3. The van der Waals surface area contributed by atoms with E-state index < -0.39 is 47.3 Å². The summed E-state index contributed by atoms with van der Waals surface area (Å²) in [7, 11) is 0. The van der Waals surface area contributed by atoms with Gasteiger partial charge in [-0.25, -0.2) is 4.79 Å². The van der Waals surface area contributed by atoms with Gasteiger partial charge in [-0.05, 0) is 56.2 Å². The Bertz CT molecular complexity index is 2130. The lowest BCUT2D eigenvalue weighted by molar-refractivity contribution is -0.148. The largest absolute Gasteiger partial charge is 0.511 e. The van der Waals surface area contributed by atoms with Crippen molar-refractivity contribution in [3.8, 4) is 0 Å². The second-order valence-electron chi connectivity index (χ2n) is 14.9. The van der Waals surface area contributed by atoms with E-state index in [4.69, 9.17) is 37.3 Å². The first-order valence-corrected chi connectivity index (χ1v) is 20.1. The number of H-pyrrole nitrogens is 1. The molecule has 63 heavy (non-hydrogen) atoms. The number of carbonyl (C=O) groups excluding carboxylic acids is 4. The van der Waals surface area contributed by atoms with Crippen LogP contribution in [0.15, 0.2) is 140 Å². The van der Waals surface area contributed by atoms with Crippen molar-refractivity contribution in [2.24, 2.45) is 23.1 Å². The van der Waals surface area contributed by atoms with Gasteiger partial charge in [0.05, 0.1) is 23.9 Å². The number of benzene rings is 3. The van der Waals surface area contributed by atoms with Gasteiger partial charge in [-0.3, -0.25) is 14.4 Å². The fourth-order valence-electron chi connectivity index (χ4n) is 5.22. The molecular formula is C48H64N4O11. The van der Waals surface area contributed by atoms with Crippen LogP contribution in [-0.4, -0.2) is 90.8 Å². The molecule has 5 unspecified atom stereocenters. The molecule has 0 saturated carbocycles. The Morgan fingerprint density at radius 1 is 0.810 bits per heavy atom. The van der Waals surface area contributed by atoms with E-state index >= 15 is 0 Å². The number of ether oxygens (including phenoxy) is 2. The van der Waals surface area contributed by atoms with E-state index in [0.29, 0.717) is 36.5 Å². The smallest absolute Gasteiger partial charge is 0.377 e. The highest BCUT2D eigenvalue weighted by Crippen LogP contribution is 2.22. The van der Waals surface area contributed by atoms with Crippen LogP contribution in [0, 0.1) is 5.92 Å². The molecule has 0 spiro atoms. The van der Waals surface area contributed by atoms with E-state index in [9.17, 15) is 29.4 Å². The zero-order chi connectivity index (χ0) is 47.8. The molecule has 0 bridgehead atoms. The summed E-state index contributed by atoms with van der Waals surface area (Å²) >= 11 is 0. The lowest BCUT2D eigenvalue weighted by Gasteiger charge is -2.18. The molecule has 1 aromatic heterocycles. The van der Waals surface area contributed by atoms with Gasteiger partial charge in [0.1, 0.15) is 30.0 Å². The molecule has 342 valence electrons. The third-order valence-electron chi connectivity index (χ3n) is 9.05. The summed E-state index contributed by atoms with van der Waals surface area (Å²) in [6, 6.07) is 25.3. The quantitative estimate of drug-likeness (QED) is 0.0246. The van der Waals surface area contributed by atoms with Crippen molar-refractivity contribution in [3.05, 3.63) is 156 Å². The van der Waals surface area contributed by atoms with Crippen molar-refractivity contribution in [2.75, 3.05) is 6.61 Å². The number of nitrogens with one attached hydrogen (secondary N) is 1. The lowest BCUT2D eigenvalue weighted by atomic mass is 10.0. The second-order valence-corrected chi connectivity index (χ2v) is 14.9. The fourth-order valence-corrected chi connectivity index (χ4v) is 5.22. The molecule has 12 N–H and O–H groups in total. The predicted octanol–water partition coefficient (Wildman–Crippen LogP) is 6.69. The molecule has 15 nitrogen and oxygen atoms in total. The number of nitrogens with two attached hydrogens (primary N) is 3. The molecule has 2 heterocycles. The highest BCUT2D eigenvalue weighted by atomic mass is 16.6. The number of rotatable bonds is 16. The number of aliphatic hydroxyl groups is 5. The highest BCUT2D eigenvalue weighted by Gasteiger charge is 2.39. The summed E-state index contributed by atoms with van der Waals surface area (Å²) in [6.45, 7) is 19.0. The first-order chi connectivity index (χ1) is 29.6. The molecule has 0 fully saturated rings. The Hall–Kier alpha value is -6.52. The first kappa shape index (κ1) is 54.5. The van der Waals surface area contributed by atoms with Gasteiger partial charge in [0.15, 0.2) is 17.6 Å². The molecule has 0 radical (unpaired) electrons. The van der Waals surface area contributed by atoms with Gasteiger partial charge in [-0.15, -0.1) is 0 Å². The van der Waals surface area contributed by atoms with Crippen molar-refractivity contribution in [1.29, 1.82) is 0 Å². The van der Waals surface area contributed by atoms with E-state index in [1.807, 2.05) is 67.7 Å². The maximum Gasteiger partial charge on any atom is 0.377 e. The zero-order valence-corrected chi connectivity index (χ0v) is 36.7. The minimum absolute atomic E-state index is 0.0280. The molecule has 0 amide bonds. The SMILES string of the molecule is C=C(CC)OCC(O)C1OC(=O)C(O)=C1O.C=C(O)C(=O)c1ccccc1.C=C(O)C(N)Cc1c[nH]c2ccccc12.CC(=O)C(N)CC(C)C.CC(=O)C(N)Cc1ccccc1. The molecular weight excluding hydrogens is 809 g/mol. The predicted molar refractivity (Wildman–Crippen MR) is 245 cm³/mol. The van der Waals surface area contributed by atoms with Gasteiger partial charge in [0, 0.05) is 29.1 Å². The maximum atomic E-state index is 11.0. The third-order valence-corrected chi connectivity index (χ3v) is 9.05. The lowest BCUT2D eigenvalue weighted by Crippen LogP contribution is -2.32. The number of Topliss-reactive ketones (excluding diaryl/α,β-unsaturated/α-hetero) is 3. The Labute approximate surface area is 369 Å². The van der Waals surface area contributed by atoms with E-state index in [1.54, 1.807) is 30.3 Å². The second kappa shape index (κ2) is 28.2. The zero-order valence-electron chi connectivity index (χ0n) is 36.7. The van der Waals surface area contributed by atoms with E-state index in [-0.39, 0.29) is 36.0 Å². The Morgan fingerprint density at radius 3 is 1.81 bits per heavy atom. The monoisotopic (exact) mass is 872 g/mol. The summed E-state index contributed by atoms with van der Waals surface area (Å²) in [5, 5.41) is 46.9. The van der Waals surface area contributed by atoms with Gasteiger partial charge in [-0.2, -0.15) is 0 Å². The third kappa shape index (κ3) is 20.3. The standard InChI is InChI=1S/C12H14N2O.C10H13NO.C10H14O6.C9H8O2.C7H15NO/c1-8(15)11(13)6-9-7-14-12-5-3-2-4-10(9)12;1-8(12)10(11)7-9-5-3-2-4-6-9;1-3-5(2)15-4-6(11)9-7(12)8(13)10(14)16-9;1-7(10)9(11)8-5-3-2-4-6-8;1-5(2)4-7(8)6(3)9/h2-5,7,11,14-15H,1,6,13H2;2-6,10H,7,11H2,1H3;6,9,11-13H,2-4H2,1H3;2-6,10H,1H2;5,7H,4,8H2,1-3H3. The van der Waals surface area contributed by atoms with Crippen molar-refractivity contribution in [1.82, 2.24) is 4.98 Å². The molecule has 1 aliphatic heterocycles. The number of para-hydroxylation sites is 1. The number of cyclic esters (lactones) is 1. The maximum absolute atomic E-state index is 11.0. The summed E-state index contributed by atoms with van der Waals surface area (Å²) in [5.74, 6) is -2.32. The molecule has 0 aliphatic carbocycles. The number of hydrogen-bond donors (Lipinski definition) is 9. The molecule has 15 heteroatoms. The van der Waals surface area contributed by atoms with Crippen molar-refractivity contribution < 1.29 is 54.2 Å². The number of fused-ring (bicyclic) bond motifs is 1. The number of allylic oxidation sites excluding steroid dienone is 2. The number of aliphatic hydroxyl groups excluding tert-OH is 5. The molecule has 4 aromatic rings. The number of aromatic nitrogens is 1. The molecule has 1 aliphatic rings. The average Bonchev–Trinajstić information content (AvgIpc) is 3.78. The number of esters is 1. The van der Waals surface area contributed by atoms with Gasteiger partial charge >= 0.3 is 5.97 Å². The Balaban J connectivity index is 0.000000400. The molecule has 5 atom stereocenters. The molecule has 3 aromatic carbocycles. The van der Waals surface area contributed by atoms with Crippen LogP contribution in [0.3, 0.4) is 0 Å². The van der Waals surface area contributed by atoms with E-state index in [0.717, 1.165) is 28.5 Å². The normalized spacial score (nSPS) is 14.6. The van der Waals surface area contributed by atoms with Gasteiger partial charge in [-0.1, -0.05) is 119 Å². The number of hydrogen-bond acceptors (Lipinski definition) is 14. The summed E-state index contributed by atoms with van der Waals surface area (Å²) < 4.78 is 9.57. The summed E-state index contributed by atoms with van der Waals surface area (Å²) in [4.78, 5) is 46.4. The van der Waals surface area contributed by atoms with Crippen LogP contribution in [0.2, 0.25) is 0 Å². The average molecular weight is 873 g/mol. The minimum atomic E-state index is -1.28. The van der Waals surface area contributed by atoms with Crippen LogP contribution >= 0.6 is 0 Å². The van der Waals surface area contributed by atoms with Crippen molar-refractivity contribution in [2.45, 2.75) is 90.6 Å². The van der Waals surface area contributed by atoms with E-state index in [1.165, 1.54) is 13.8 Å². The Kier molecular flexibility index (Phi) is 24.4. The Morgan fingerprint density at radius 2 is 1.35 bits per heavy atom. The summed E-state index contributed by atoms with van der Waals surface area (Å²) in [5.41, 5.74) is 20.6. The van der Waals surface area contributed by atoms with Crippen LogP contribution in [0.4, 0.5) is 0 Å². The van der Waals surface area contributed by atoms with Gasteiger partial charge < -0.3 is 57.2 Å². The fraction of sp³-hybridized carbons (Fsp3) is 0.333. The van der Waals surface area contributed by atoms with Crippen LogP contribution in [0.5, 0.6) is 0 Å². The van der Waals surface area contributed by atoms with Crippen LogP contribution in [0.25, 0.3) is 10.9 Å². The topological polar surface area (TPSA) is 282 Å². The minimum Gasteiger partial charge on any atom is -0.511 e. The number of aromatic amines is 1. The van der Waals surface area contributed by atoms with Crippen LogP contribution in [-0.2, 0) is 36.7 Å². The van der Waals surface area contributed by atoms with Crippen LogP contribution < -0.4 is 17.2 Å². The van der Waals surface area contributed by atoms with Crippen molar-refractivity contribution >= 4 is 34.2 Å². The highest BCUT2D eigenvalue weighted by molar-refractivity contribution is 6.06. The molecule has 5 rings (SSSR count). The van der Waals surface area contributed by atoms with Crippen molar-refractivity contribution in [3.63, 3.8) is 0 Å². The van der Waals surface area contributed by atoms with Gasteiger partial charge in [0.2, 0.25) is 11.5 Å². The van der Waals surface area contributed by atoms with E-state index in [2.05, 4.69) is 43.3 Å².